The Labute approximate surface area is 160 Å². The van der Waals surface area contributed by atoms with Crippen LogP contribution in [0.1, 0.15) is 37.8 Å². The lowest BCUT2D eigenvalue weighted by Crippen LogP contribution is -2.32. The fraction of sp³-hybridized carbons (Fsp3) is 0.318. The van der Waals surface area contributed by atoms with Gasteiger partial charge in [0.25, 0.3) is 0 Å². The van der Waals surface area contributed by atoms with E-state index >= 15 is 0 Å². The van der Waals surface area contributed by atoms with Crippen molar-refractivity contribution in [1.82, 2.24) is 9.88 Å². The molecule has 1 aliphatic rings. The van der Waals surface area contributed by atoms with Gasteiger partial charge in [0.1, 0.15) is 0 Å². The van der Waals surface area contributed by atoms with E-state index in [1.807, 2.05) is 18.2 Å². The maximum Gasteiger partial charge on any atom is 0.208 e. The molecule has 0 saturated carbocycles. The summed E-state index contributed by atoms with van der Waals surface area (Å²) < 4.78 is 25.8. The standard InChI is InChI=1S/C22H24N2O2S/c1-17(24-13-6-3-7-14-24)21-12-8-9-18-15-20(16-23-22(18)21)27(25,26)19-10-4-2-5-11-19/h2,4-5,8-12,15-17H,3,6-7,13-14H2,1H3. The monoisotopic (exact) mass is 380 g/mol. The van der Waals surface area contributed by atoms with Crippen LogP contribution in [0, 0.1) is 0 Å². The molecule has 1 unspecified atom stereocenters. The molecule has 1 aromatic heterocycles. The minimum Gasteiger partial charge on any atom is -0.297 e. The third-order valence-electron chi connectivity index (χ3n) is 5.47. The number of hydrogen-bond donors (Lipinski definition) is 0. The van der Waals surface area contributed by atoms with Crippen molar-refractivity contribution in [3.63, 3.8) is 0 Å². The summed E-state index contributed by atoms with van der Waals surface area (Å²) in [4.78, 5) is 7.61. The number of para-hydroxylation sites is 1. The molecule has 0 N–H and O–H groups in total. The molecule has 0 spiro atoms. The molecule has 1 saturated heterocycles. The average molecular weight is 381 g/mol. The zero-order chi connectivity index (χ0) is 18.9. The Kier molecular flexibility index (Phi) is 4.98. The molecule has 0 radical (unpaired) electrons. The Balaban J connectivity index is 1.74. The molecule has 1 atom stereocenters. The van der Waals surface area contributed by atoms with Crippen LogP contribution in [0.15, 0.2) is 70.6 Å². The van der Waals surface area contributed by atoms with Gasteiger partial charge in [0, 0.05) is 17.6 Å². The van der Waals surface area contributed by atoms with Crippen molar-refractivity contribution >= 4 is 20.7 Å². The second-order valence-electron chi connectivity index (χ2n) is 7.18. The second kappa shape index (κ2) is 7.41. The van der Waals surface area contributed by atoms with Crippen LogP contribution in [0.3, 0.4) is 0 Å². The molecule has 1 aliphatic heterocycles. The Morgan fingerprint density at radius 2 is 1.67 bits per heavy atom. The molecular weight excluding hydrogens is 356 g/mol. The van der Waals surface area contributed by atoms with E-state index in [1.165, 1.54) is 25.5 Å². The van der Waals surface area contributed by atoms with Crippen LogP contribution in [0.5, 0.6) is 0 Å². The zero-order valence-electron chi connectivity index (χ0n) is 15.5. The van der Waals surface area contributed by atoms with Gasteiger partial charge in [0.2, 0.25) is 9.84 Å². The first-order valence-corrected chi connectivity index (χ1v) is 11.0. The summed E-state index contributed by atoms with van der Waals surface area (Å²) in [5.41, 5.74) is 2.06. The van der Waals surface area contributed by atoms with Crippen molar-refractivity contribution < 1.29 is 8.42 Å². The second-order valence-corrected chi connectivity index (χ2v) is 9.13. The van der Waals surface area contributed by atoms with E-state index in [4.69, 9.17) is 0 Å². The lowest BCUT2D eigenvalue weighted by atomic mass is 10.0. The van der Waals surface area contributed by atoms with Crippen molar-refractivity contribution in [1.29, 1.82) is 0 Å². The number of aromatic nitrogens is 1. The van der Waals surface area contributed by atoms with Gasteiger partial charge in [-0.1, -0.05) is 42.8 Å². The molecular formula is C22H24N2O2S. The molecule has 2 heterocycles. The highest BCUT2D eigenvalue weighted by atomic mass is 32.2. The first-order chi connectivity index (χ1) is 13.1. The third-order valence-corrected chi connectivity index (χ3v) is 7.21. The predicted octanol–water partition coefficient (Wildman–Crippen LogP) is 4.61. The van der Waals surface area contributed by atoms with E-state index in [0.717, 1.165) is 29.6 Å². The number of piperidine rings is 1. The molecule has 3 aromatic rings. The van der Waals surface area contributed by atoms with Crippen molar-refractivity contribution in [2.24, 2.45) is 0 Å². The van der Waals surface area contributed by atoms with Gasteiger partial charge in [-0.25, -0.2) is 8.42 Å². The molecule has 4 nitrogen and oxygen atoms in total. The lowest BCUT2D eigenvalue weighted by molar-refractivity contribution is 0.175. The molecule has 2 aromatic carbocycles. The maximum atomic E-state index is 12.9. The predicted molar refractivity (Wildman–Crippen MR) is 107 cm³/mol. The molecule has 27 heavy (non-hydrogen) atoms. The largest absolute Gasteiger partial charge is 0.297 e. The summed E-state index contributed by atoms with van der Waals surface area (Å²) in [6.07, 6.45) is 5.28. The third kappa shape index (κ3) is 3.49. The zero-order valence-corrected chi connectivity index (χ0v) is 16.3. The van der Waals surface area contributed by atoms with Crippen molar-refractivity contribution in [3.8, 4) is 0 Å². The van der Waals surface area contributed by atoms with Crippen LogP contribution in [0.4, 0.5) is 0 Å². The normalized spacial score (nSPS) is 17.1. The SMILES string of the molecule is CC(c1cccc2cc(S(=O)(=O)c3ccccc3)cnc12)N1CCCCC1. The van der Waals surface area contributed by atoms with Crippen LogP contribution < -0.4 is 0 Å². The molecule has 1 fully saturated rings. The van der Waals surface area contributed by atoms with E-state index in [9.17, 15) is 8.42 Å². The summed E-state index contributed by atoms with van der Waals surface area (Å²) in [6, 6.07) is 16.6. The van der Waals surface area contributed by atoms with Crippen LogP contribution in [0.25, 0.3) is 10.9 Å². The summed E-state index contributed by atoms with van der Waals surface area (Å²) in [7, 11) is -3.56. The first kappa shape index (κ1) is 18.1. The van der Waals surface area contributed by atoms with Gasteiger partial charge >= 0.3 is 0 Å². The minimum atomic E-state index is -3.56. The highest BCUT2D eigenvalue weighted by Gasteiger charge is 2.22. The summed E-state index contributed by atoms with van der Waals surface area (Å²) >= 11 is 0. The number of fused-ring (bicyclic) bond motifs is 1. The number of rotatable bonds is 4. The van der Waals surface area contributed by atoms with Crippen molar-refractivity contribution in [3.05, 3.63) is 66.4 Å². The molecule has 5 heteroatoms. The first-order valence-electron chi connectivity index (χ1n) is 9.50. The van der Waals surface area contributed by atoms with Crippen LogP contribution >= 0.6 is 0 Å². The fourth-order valence-corrected chi connectivity index (χ4v) is 5.15. The maximum absolute atomic E-state index is 12.9. The lowest BCUT2D eigenvalue weighted by Gasteiger charge is -2.32. The van der Waals surface area contributed by atoms with Gasteiger partial charge in [-0.3, -0.25) is 9.88 Å². The van der Waals surface area contributed by atoms with Gasteiger partial charge in [0.05, 0.1) is 15.3 Å². The number of benzene rings is 2. The Bertz CT molecular complexity index is 1040. The number of pyridine rings is 1. The minimum absolute atomic E-state index is 0.240. The quantitative estimate of drug-likeness (QED) is 0.663. The summed E-state index contributed by atoms with van der Waals surface area (Å²) in [6.45, 7) is 4.44. The average Bonchev–Trinajstić information content (AvgIpc) is 2.73. The Morgan fingerprint density at radius 3 is 2.41 bits per heavy atom. The molecule has 0 amide bonds. The van der Waals surface area contributed by atoms with Gasteiger partial charge < -0.3 is 0 Å². The van der Waals surface area contributed by atoms with Gasteiger partial charge in [-0.15, -0.1) is 0 Å². The van der Waals surface area contributed by atoms with Gasteiger partial charge in [-0.05, 0) is 56.6 Å². The fourth-order valence-electron chi connectivity index (χ4n) is 3.89. The van der Waals surface area contributed by atoms with Gasteiger partial charge in [-0.2, -0.15) is 0 Å². The highest BCUT2D eigenvalue weighted by Crippen LogP contribution is 2.30. The molecule has 0 aliphatic carbocycles. The smallest absolute Gasteiger partial charge is 0.208 e. The van der Waals surface area contributed by atoms with E-state index in [2.05, 4.69) is 22.9 Å². The summed E-state index contributed by atoms with van der Waals surface area (Å²) in [5.74, 6) is 0. The topological polar surface area (TPSA) is 50.3 Å². The Morgan fingerprint density at radius 1 is 0.926 bits per heavy atom. The van der Waals surface area contributed by atoms with E-state index in [0.29, 0.717) is 4.90 Å². The summed E-state index contributed by atoms with van der Waals surface area (Å²) in [5, 5.41) is 0.869. The van der Waals surface area contributed by atoms with E-state index < -0.39 is 9.84 Å². The van der Waals surface area contributed by atoms with Gasteiger partial charge in [0.15, 0.2) is 0 Å². The molecule has 4 rings (SSSR count). The number of sulfone groups is 1. The van der Waals surface area contributed by atoms with E-state index in [-0.39, 0.29) is 10.9 Å². The molecule has 140 valence electrons. The van der Waals surface area contributed by atoms with Crippen LogP contribution in [0.2, 0.25) is 0 Å². The Hall–Kier alpha value is -2.24. The number of nitrogens with zero attached hydrogens (tertiary/aromatic N) is 2. The molecule has 0 bridgehead atoms. The van der Waals surface area contributed by atoms with E-state index in [1.54, 1.807) is 30.3 Å². The number of hydrogen-bond acceptors (Lipinski definition) is 4. The van der Waals surface area contributed by atoms with Crippen molar-refractivity contribution in [2.45, 2.75) is 42.0 Å². The van der Waals surface area contributed by atoms with Crippen molar-refractivity contribution in [2.75, 3.05) is 13.1 Å². The number of likely N-dealkylation sites (tertiary alicyclic amines) is 1. The van der Waals surface area contributed by atoms with Crippen LogP contribution in [-0.4, -0.2) is 31.4 Å². The van der Waals surface area contributed by atoms with Crippen LogP contribution in [-0.2, 0) is 9.84 Å². The highest BCUT2D eigenvalue weighted by molar-refractivity contribution is 7.91.